The highest BCUT2D eigenvalue weighted by Gasteiger charge is 2.17. The first-order valence-corrected chi connectivity index (χ1v) is 4.83. The molecule has 1 aliphatic rings. The first kappa shape index (κ1) is 10.5. The monoisotopic (exact) mass is 186 g/mol. The number of rotatable bonds is 4. The summed E-state index contributed by atoms with van der Waals surface area (Å²) in [6.45, 7) is 3.11. The number of aliphatic carboxylic acids is 1. The number of carbonyl (C=O) groups is 1. The van der Waals surface area contributed by atoms with E-state index in [-0.39, 0.29) is 0 Å². The Morgan fingerprint density at radius 3 is 3.08 bits per heavy atom. The highest BCUT2D eigenvalue weighted by atomic mass is 16.4. The molecule has 0 amide bonds. The number of hydrogen-bond acceptors (Lipinski definition) is 3. The third-order valence-electron chi connectivity index (χ3n) is 2.57. The maximum absolute atomic E-state index is 10.3. The Morgan fingerprint density at radius 2 is 2.46 bits per heavy atom. The van der Waals surface area contributed by atoms with Crippen molar-refractivity contribution in [2.75, 3.05) is 26.7 Å². The van der Waals surface area contributed by atoms with E-state index in [4.69, 9.17) is 5.11 Å². The van der Waals surface area contributed by atoms with Crippen molar-refractivity contribution in [3.63, 3.8) is 0 Å². The van der Waals surface area contributed by atoms with Crippen molar-refractivity contribution in [2.45, 2.75) is 25.3 Å². The van der Waals surface area contributed by atoms with E-state index in [0.29, 0.717) is 12.5 Å². The number of carboxylic acids is 1. The predicted octanol–water partition coefficient (Wildman–Crippen LogP) is 0.145. The van der Waals surface area contributed by atoms with Crippen molar-refractivity contribution in [1.82, 2.24) is 10.2 Å². The van der Waals surface area contributed by atoms with Gasteiger partial charge in [-0.3, -0.25) is 4.79 Å². The second kappa shape index (κ2) is 5.19. The molecule has 13 heavy (non-hydrogen) atoms. The second-order valence-electron chi connectivity index (χ2n) is 3.62. The van der Waals surface area contributed by atoms with Gasteiger partial charge in [-0.25, -0.2) is 0 Å². The molecule has 4 heteroatoms. The van der Waals surface area contributed by atoms with E-state index in [2.05, 4.69) is 17.3 Å². The minimum atomic E-state index is -0.688. The summed E-state index contributed by atoms with van der Waals surface area (Å²) < 4.78 is 0. The molecule has 0 radical (unpaired) electrons. The van der Waals surface area contributed by atoms with E-state index in [1.165, 1.54) is 0 Å². The van der Waals surface area contributed by atoms with Crippen LogP contribution < -0.4 is 5.32 Å². The quantitative estimate of drug-likeness (QED) is 0.656. The van der Waals surface area contributed by atoms with E-state index < -0.39 is 5.97 Å². The molecule has 1 heterocycles. The van der Waals surface area contributed by atoms with E-state index in [1.807, 2.05) is 0 Å². The fourth-order valence-corrected chi connectivity index (χ4v) is 1.67. The van der Waals surface area contributed by atoms with Gasteiger partial charge in [0.05, 0.1) is 0 Å². The van der Waals surface area contributed by atoms with Gasteiger partial charge in [0.1, 0.15) is 0 Å². The van der Waals surface area contributed by atoms with Crippen molar-refractivity contribution in [2.24, 2.45) is 0 Å². The van der Waals surface area contributed by atoms with Crippen LogP contribution in [-0.2, 0) is 4.79 Å². The van der Waals surface area contributed by atoms with Gasteiger partial charge >= 0.3 is 5.97 Å². The van der Waals surface area contributed by atoms with Crippen LogP contribution in [0.2, 0.25) is 0 Å². The van der Waals surface area contributed by atoms with Gasteiger partial charge in [0.15, 0.2) is 0 Å². The van der Waals surface area contributed by atoms with Crippen molar-refractivity contribution in [3.8, 4) is 0 Å². The summed E-state index contributed by atoms with van der Waals surface area (Å²) in [5.74, 6) is -0.688. The summed E-state index contributed by atoms with van der Waals surface area (Å²) in [5, 5.41) is 11.8. The summed E-state index contributed by atoms with van der Waals surface area (Å²) in [4.78, 5) is 12.6. The molecule has 0 aromatic rings. The van der Waals surface area contributed by atoms with Gasteiger partial charge in [0.25, 0.3) is 0 Å². The first-order valence-electron chi connectivity index (χ1n) is 4.83. The Morgan fingerprint density at radius 1 is 1.69 bits per heavy atom. The van der Waals surface area contributed by atoms with Crippen LogP contribution in [0.4, 0.5) is 0 Å². The molecular formula is C9H18N2O2. The number of hydrogen-bond donors (Lipinski definition) is 2. The van der Waals surface area contributed by atoms with Gasteiger partial charge in [-0.15, -0.1) is 0 Å². The van der Waals surface area contributed by atoms with E-state index in [1.54, 1.807) is 0 Å². The van der Waals surface area contributed by atoms with Crippen molar-refractivity contribution in [3.05, 3.63) is 0 Å². The highest BCUT2D eigenvalue weighted by molar-refractivity contribution is 5.66. The van der Waals surface area contributed by atoms with Crippen LogP contribution in [0, 0.1) is 0 Å². The van der Waals surface area contributed by atoms with Crippen LogP contribution in [0.5, 0.6) is 0 Å². The molecule has 1 rings (SSSR count). The smallest absolute Gasteiger partial charge is 0.303 e. The standard InChI is InChI=1S/C9H18N2O2/c1-11-6-5-10-7-8(11)3-2-4-9(12)13/h8,10H,2-7H2,1H3,(H,12,13). The van der Waals surface area contributed by atoms with Gasteiger partial charge in [-0.05, 0) is 19.9 Å². The number of piperazine rings is 1. The third-order valence-corrected chi connectivity index (χ3v) is 2.57. The zero-order valence-corrected chi connectivity index (χ0v) is 8.12. The fraction of sp³-hybridized carbons (Fsp3) is 0.889. The van der Waals surface area contributed by atoms with Crippen LogP contribution in [-0.4, -0.2) is 48.7 Å². The topological polar surface area (TPSA) is 52.6 Å². The average molecular weight is 186 g/mol. The van der Waals surface area contributed by atoms with E-state index in [9.17, 15) is 4.79 Å². The molecule has 0 aliphatic carbocycles. The lowest BCUT2D eigenvalue weighted by Gasteiger charge is -2.33. The van der Waals surface area contributed by atoms with Gasteiger partial charge in [0.2, 0.25) is 0 Å². The molecule has 76 valence electrons. The lowest BCUT2D eigenvalue weighted by atomic mass is 10.1. The predicted molar refractivity (Wildman–Crippen MR) is 50.8 cm³/mol. The summed E-state index contributed by atoms with van der Waals surface area (Å²) in [6.07, 6.45) is 2.06. The molecule has 0 bridgehead atoms. The molecule has 1 atom stereocenters. The van der Waals surface area contributed by atoms with Crippen LogP contribution in [0.3, 0.4) is 0 Å². The van der Waals surface area contributed by atoms with Crippen LogP contribution in [0.15, 0.2) is 0 Å². The Bertz CT molecular complexity index is 173. The second-order valence-corrected chi connectivity index (χ2v) is 3.62. The van der Waals surface area contributed by atoms with Crippen molar-refractivity contribution in [1.29, 1.82) is 0 Å². The van der Waals surface area contributed by atoms with Crippen LogP contribution in [0.1, 0.15) is 19.3 Å². The van der Waals surface area contributed by atoms with Gasteiger partial charge in [0, 0.05) is 32.1 Å². The van der Waals surface area contributed by atoms with Gasteiger partial charge in [-0.2, -0.15) is 0 Å². The Balaban J connectivity index is 2.15. The van der Waals surface area contributed by atoms with E-state index >= 15 is 0 Å². The fourth-order valence-electron chi connectivity index (χ4n) is 1.67. The van der Waals surface area contributed by atoms with Gasteiger partial charge in [-0.1, -0.05) is 0 Å². The zero-order valence-electron chi connectivity index (χ0n) is 8.12. The summed E-state index contributed by atoms with van der Waals surface area (Å²) in [7, 11) is 2.10. The van der Waals surface area contributed by atoms with E-state index in [0.717, 1.165) is 32.5 Å². The maximum Gasteiger partial charge on any atom is 0.303 e. The molecule has 1 unspecified atom stereocenters. The molecule has 2 N–H and O–H groups in total. The average Bonchev–Trinajstić information content (AvgIpc) is 2.08. The Labute approximate surface area is 78.9 Å². The summed E-state index contributed by atoms with van der Waals surface area (Å²) >= 11 is 0. The lowest BCUT2D eigenvalue weighted by molar-refractivity contribution is -0.137. The molecular weight excluding hydrogens is 168 g/mol. The first-order chi connectivity index (χ1) is 6.20. The molecule has 0 aromatic heterocycles. The molecule has 4 nitrogen and oxygen atoms in total. The highest BCUT2D eigenvalue weighted by Crippen LogP contribution is 2.08. The lowest BCUT2D eigenvalue weighted by Crippen LogP contribution is -2.49. The minimum absolute atomic E-state index is 0.296. The normalized spacial score (nSPS) is 24.5. The Hall–Kier alpha value is -0.610. The third kappa shape index (κ3) is 3.74. The number of nitrogens with one attached hydrogen (secondary N) is 1. The largest absolute Gasteiger partial charge is 0.481 e. The summed E-state index contributed by atoms with van der Waals surface area (Å²) in [5.41, 5.74) is 0. The maximum atomic E-state index is 10.3. The van der Waals surface area contributed by atoms with Crippen molar-refractivity contribution >= 4 is 5.97 Å². The number of nitrogens with zero attached hydrogens (tertiary/aromatic N) is 1. The molecule has 1 aliphatic heterocycles. The Kier molecular flexibility index (Phi) is 4.18. The molecule has 1 fully saturated rings. The van der Waals surface area contributed by atoms with Crippen LogP contribution >= 0.6 is 0 Å². The number of carboxylic acid groups (broad SMARTS) is 1. The summed E-state index contributed by atoms with van der Waals surface area (Å²) in [6, 6.07) is 0.521. The SMILES string of the molecule is CN1CCNCC1CCCC(=O)O. The molecule has 0 spiro atoms. The molecule has 0 saturated carbocycles. The van der Waals surface area contributed by atoms with Crippen LogP contribution in [0.25, 0.3) is 0 Å². The zero-order chi connectivity index (χ0) is 9.68. The molecule has 1 saturated heterocycles. The van der Waals surface area contributed by atoms with Gasteiger partial charge < -0.3 is 15.3 Å². The van der Waals surface area contributed by atoms with Crippen molar-refractivity contribution < 1.29 is 9.90 Å². The number of likely N-dealkylation sites (N-methyl/N-ethyl adjacent to an activating group) is 1. The minimum Gasteiger partial charge on any atom is -0.481 e. The molecule has 0 aromatic carbocycles.